The van der Waals surface area contributed by atoms with Gasteiger partial charge in [-0.3, -0.25) is 4.79 Å². The predicted octanol–water partition coefficient (Wildman–Crippen LogP) is 1.80. The molecular weight excluding hydrogens is 234 g/mol. The highest BCUT2D eigenvalue weighted by molar-refractivity contribution is 5.76. The van der Waals surface area contributed by atoms with Crippen molar-refractivity contribution in [1.82, 2.24) is 4.90 Å². The van der Waals surface area contributed by atoms with Crippen molar-refractivity contribution in [2.75, 3.05) is 13.7 Å². The van der Waals surface area contributed by atoms with Crippen molar-refractivity contribution in [3.05, 3.63) is 0 Å². The van der Waals surface area contributed by atoms with Crippen LogP contribution in [0.4, 0.5) is 4.79 Å². The molecular formula is C13H21NO4. The molecule has 3 unspecified atom stereocenters. The van der Waals surface area contributed by atoms with Gasteiger partial charge in [-0.25, -0.2) is 4.79 Å². The average Bonchev–Trinajstić information content (AvgIpc) is 2.53. The van der Waals surface area contributed by atoms with Crippen molar-refractivity contribution >= 4 is 12.1 Å². The van der Waals surface area contributed by atoms with Crippen molar-refractivity contribution in [3.8, 4) is 0 Å². The van der Waals surface area contributed by atoms with Crippen LogP contribution in [0.15, 0.2) is 0 Å². The largest absolute Gasteiger partial charge is 0.469 e. The van der Waals surface area contributed by atoms with E-state index >= 15 is 0 Å². The molecule has 2 rings (SSSR count). The third-order valence-electron chi connectivity index (χ3n) is 3.74. The zero-order chi connectivity index (χ0) is 13.5. The van der Waals surface area contributed by atoms with Crippen LogP contribution in [0.25, 0.3) is 0 Å². The molecule has 1 saturated heterocycles. The first-order chi connectivity index (χ1) is 8.33. The minimum atomic E-state index is -0.472. The summed E-state index contributed by atoms with van der Waals surface area (Å²) in [7, 11) is 1.41. The maximum absolute atomic E-state index is 12.0. The summed E-state index contributed by atoms with van der Waals surface area (Å²) in [5.41, 5.74) is -0.472. The van der Waals surface area contributed by atoms with E-state index in [4.69, 9.17) is 9.47 Å². The van der Waals surface area contributed by atoms with Gasteiger partial charge in [-0.05, 0) is 39.5 Å². The quantitative estimate of drug-likeness (QED) is 0.670. The molecule has 5 nitrogen and oxygen atoms in total. The van der Waals surface area contributed by atoms with Crippen LogP contribution in [0.2, 0.25) is 0 Å². The van der Waals surface area contributed by atoms with Gasteiger partial charge in [0.05, 0.1) is 13.0 Å². The van der Waals surface area contributed by atoms with Gasteiger partial charge in [0.15, 0.2) is 0 Å². The molecule has 0 spiro atoms. The first kappa shape index (κ1) is 13.2. The number of amides is 1. The smallest absolute Gasteiger partial charge is 0.410 e. The van der Waals surface area contributed by atoms with Gasteiger partial charge in [0.2, 0.25) is 0 Å². The molecule has 1 saturated carbocycles. The van der Waals surface area contributed by atoms with Gasteiger partial charge >= 0.3 is 12.1 Å². The van der Waals surface area contributed by atoms with E-state index in [0.717, 1.165) is 6.42 Å². The van der Waals surface area contributed by atoms with Crippen LogP contribution in [-0.4, -0.2) is 42.3 Å². The Labute approximate surface area is 107 Å². The van der Waals surface area contributed by atoms with E-state index in [1.165, 1.54) is 7.11 Å². The van der Waals surface area contributed by atoms with Crippen LogP contribution in [0.3, 0.4) is 0 Å². The number of likely N-dealkylation sites (tertiary alicyclic amines) is 1. The second-order valence-corrected chi connectivity index (χ2v) is 6.06. The molecule has 0 radical (unpaired) electrons. The van der Waals surface area contributed by atoms with Gasteiger partial charge in [-0.1, -0.05) is 0 Å². The van der Waals surface area contributed by atoms with Crippen molar-refractivity contribution < 1.29 is 19.1 Å². The van der Waals surface area contributed by atoms with Crippen LogP contribution in [0.1, 0.15) is 33.6 Å². The number of hydrogen-bond donors (Lipinski definition) is 0. The highest BCUT2D eigenvalue weighted by Crippen LogP contribution is 2.46. The zero-order valence-electron chi connectivity index (χ0n) is 11.4. The van der Waals surface area contributed by atoms with Gasteiger partial charge in [0, 0.05) is 12.6 Å². The average molecular weight is 255 g/mol. The molecule has 2 fully saturated rings. The Balaban J connectivity index is 1.93. The number of rotatable bonds is 1. The molecule has 0 aromatic heterocycles. The minimum Gasteiger partial charge on any atom is -0.469 e. The van der Waals surface area contributed by atoms with Gasteiger partial charge in [-0.2, -0.15) is 0 Å². The number of methoxy groups -OCH3 is 1. The van der Waals surface area contributed by atoms with Crippen molar-refractivity contribution in [2.24, 2.45) is 11.8 Å². The molecule has 18 heavy (non-hydrogen) atoms. The van der Waals surface area contributed by atoms with Crippen LogP contribution in [0, 0.1) is 11.8 Å². The maximum Gasteiger partial charge on any atom is 0.410 e. The second kappa shape index (κ2) is 4.44. The fourth-order valence-corrected chi connectivity index (χ4v) is 2.86. The minimum absolute atomic E-state index is 0.0348. The summed E-state index contributed by atoms with van der Waals surface area (Å²) >= 11 is 0. The Morgan fingerprint density at radius 1 is 1.28 bits per heavy atom. The molecule has 1 amide bonds. The fraction of sp³-hybridized carbons (Fsp3) is 0.846. The number of fused-ring (bicyclic) bond motifs is 1. The molecule has 2 aliphatic rings. The van der Waals surface area contributed by atoms with E-state index < -0.39 is 5.60 Å². The molecule has 1 heterocycles. The first-order valence-electron chi connectivity index (χ1n) is 6.41. The number of ether oxygens (including phenoxy) is 2. The number of esters is 1. The van der Waals surface area contributed by atoms with Gasteiger partial charge in [0.1, 0.15) is 5.60 Å². The highest BCUT2D eigenvalue weighted by Gasteiger charge is 2.53. The summed E-state index contributed by atoms with van der Waals surface area (Å²) in [4.78, 5) is 25.2. The number of carbonyl (C=O) groups is 2. The monoisotopic (exact) mass is 255 g/mol. The molecule has 102 valence electrons. The predicted molar refractivity (Wildman–Crippen MR) is 65.0 cm³/mol. The van der Waals surface area contributed by atoms with Crippen LogP contribution >= 0.6 is 0 Å². The topological polar surface area (TPSA) is 55.8 Å². The van der Waals surface area contributed by atoms with E-state index in [-0.39, 0.29) is 29.9 Å². The summed E-state index contributed by atoms with van der Waals surface area (Å²) in [6.07, 6.45) is 1.30. The normalized spacial score (nSPS) is 30.4. The van der Waals surface area contributed by atoms with Crippen LogP contribution < -0.4 is 0 Å². The Hall–Kier alpha value is -1.26. The summed E-state index contributed by atoms with van der Waals surface area (Å²) < 4.78 is 10.1. The molecule has 1 aliphatic carbocycles. The van der Waals surface area contributed by atoms with E-state index in [1.807, 2.05) is 20.8 Å². The second-order valence-electron chi connectivity index (χ2n) is 6.06. The Bertz CT molecular complexity index is 360. The van der Waals surface area contributed by atoms with Gasteiger partial charge in [0.25, 0.3) is 0 Å². The van der Waals surface area contributed by atoms with E-state index in [9.17, 15) is 9.59 Å². The van der Waals surface area contributed by atoms with E-state index in [1.54, 1.807) is 4.90 Å². The summed E-state index contributed by atoms with van der Waals surface area (Å²) in [6, 6.07) is 0.156. The van der Waals surface area contributed by atoms with Gasteiger partial charge < -0.3 is 14.4 Å². The van der Waals surface area contributed by atoms with Crippen molar-refractivity contribution in [2.45, 2.75) is 45.3 Å². The number of carbonyl (C=O) groups excluding carboxylic acids is 2. The molecule has 1 aliphatic heterocycles. The molecule has 0 bridgehead atoms. The zero-order valence-corrected chi connectivity index (χ0v) is 11.4. The molecule has 0 aromatic rings. The summed E-state index contributed by atoms with van der Waals surface area (Å²) in [5, 5.41) is 0. The van der Waals surface area contributed by atoms with E-state index in [2.05, 4.69) is 0 Å². The standard InChI is InChI=1S/C13H21NO4/c1-13(2,3)18-12(16)14-6-5-8-9(7-10(8)14)11(15)17-4/h8-10H,5-7H2,1-4H3. The Kier molecular flexibility index (Phi) is 3.25. The SMILES string of the molecule is COC(=O)C1CC2C1CCN2C(=O)OC(C)(C)C. The summed E-state index contributed by atoms with van der Waals surface area (Å²) in [6.45, 7) is 6.25. The molecule has 5 heteroatoms. The molecule has 3 atom stereocenters. The summed E-state index contributed by atoms with van der Waals surface area (Å²) in [5.74, 6) is 0.0692. The molecule has 0 N–H and O–H groups in total. The third kappa shape index (κ3) is 2.31. The molecule has 0 aromatic carbocycles. The lowest BCUT2D eigenvalue weighted by Crippen LogP contribution is -2.51. The Morgan fingerprint density at radius 2 is 1.94 bits per heavy atom. The lowest BCUT2D eigenvalue weighted by molar-refractivity contribution is -0.153. The van der Waals surface area contributed by atoms with E-state index in [0.29, 0.717) is 13.0 Å². The lowest BCUT2D eigenvalue weighted by Gasteiger charge is -2.41. The van der Waals surface area contributed by atoms with Gasteiger partial charge in [-0.15, -0.1) is 0 Å². The fourth-order valence-electron chi connectivity index (χ4n) is 2.86. The maximum atomic E-state index is 12.0. The highest BCUT2D eigenvalue weighted by atomic mass is 16.6. The van der Waals surface area contributed by atoms with Crippen LogP contribution in [0.5, 0.6) is 0 Å². The van der Waals surface area contributed by atoms with Crippen molar-refractivity contribution in [1.29, 1.82) is 0 Å². The van der Waals surface area contributed by atoms with Crippen LogP contribution in [-0.2, 0) is 14.3 Å². The lowest BCUT2D eigenvalue weighted by atomic mass is 9.70. The number of hydrogen-bond acceptors (Lipinski definition) is 4. The third-order valence-corrected chi connectivity index (χ3v) is 3.74. The first-order valence-corrected chi connectivity index (χ1v) is 6.41. The number of nitrogens with zero attached hydrogens (tertiary/aromatic N) is 1. The van der Waals surface area contributed by atoms with Crippen molar-refractivity contribution in [3.63, 3.8) is 0 Å². The Morgan fingerprint density at radius 3 is 2.50 bits per heavy atom.